The number of ether oxygens (including phenoxy) is 2. The van der Waals surface area contributed by atoms with Gasteiger partial charge in [-0.25, -0.2) is 4.98 Å². The normalized spacial score (nSPS) is 12.2. The van der Waals surface area contributed by atoms with Gasteiger partial charge in [-0.2, -0.15) is 4.98 Å². The third-order valence-electron chi connectivity index (χ3n) is 2.26. The van der Waals surface area contributed by atoms with Crippen molar-refractivity contribution in [1.82, 2.24) is 9.97 Å². The Morgan fingerprint density at radius 3 is 2.72 bits per heavy atom. The number of hydrogen-bond donors (Lipinski definition) is 1. The van der Waals surface area contributed by atoms with Gasteiger partial charge in [-0.05, 0) is 22.0 Å². The summed E-state index contributed by atoms with van der Waals surface area (Å²) in [6.45, 7) is 0. The van der Waals surface area contributed by atoms with Gasteiger partial charge in [0.15, 0.2) is 0 Å². The first-order valence-corrected chi connectivity index (χ1v) is 6.70. The second kappa shape index (κ2) is 5.64. The molecular formula is C11H11BrN2O3S. The first kappa shape index (κ1) is 13.3. The van der Waals surface area contributed by atoms with Crippen LogP contribution in [0.2, 0.25) is 0 Å². The quantitative estimate of drug-likeness (QED) is 0.932. The summed E-state index contributed by atoms with van der Waals surface area (Å²) in [6, 6.07) is 1.83. The topological polar surface area (TPSA) is 64.5 Å². The maximum Gasteiger partial charge on any atom is 0.241 e. The minimum atomic E-state index is -0.866. The molecule has 0 radical (unpaired) electrons. The summed E-state index contributed by atoms with van der Waals surface area (Å²) in [4.78, 5) is 8.99. The Morgan fingerprint density at radius 1 is 1.39 bits per heavy atom. The number of aromatic nitrogens is 2. The largest absolute Gasteiger partial charge is 0.480 e. The predicted molar refractivity (Wildman–Crippen MR) is 71.2 cm³/mol. The summed E-state index contributed by atoms with van der Waals surface area (Å²) in [5.41, 5.74) is 0.368. The summed E-state index contributed by atoms with van der Waals surface area (Å²) >= 11 is 4.77. The molecule has 0 fully saturated rings. The smallest absolute Gasteiger partial charge is 0.241 e. The minimum absolute atomic E-state index is 0.256. The van der Waals surface area contributed by atoms with Gasteiger partial charge in [-0.1, -0.05) is 0 Å². The predicted octanol–water partition coefficient (Wildman–Crippen LogP) is 2.40. The van der Waals surface area contributed by atoms with Gasteiger partial charge in [0.25, 0.3) is 0 Å². The molecule has 2 aromatic rings. The molecule has 1 unspecified atom stereocenters. The zero-order valence-electron chi connectivity index (χ0n) is 9.75. The summed E-state index contributed by atoms with van der Waals surface area (Å²) in [5.74, 6) is 0.599. The zero-order chi connectivity index (χ0) is 13.1. The van der Waals surface area contributed by atoms with Crippen LogP contribution in [0.4, 0.5) is 0 Å². The van der Waals surface area contributed by atoms with Crippen molar-refractivity contribution in [2.24, 2.45) is 0 Å². The average Bonchev–Trinajstić information content (AvgIpc) is 2.83. The van der Waals surface area contributed by atoms with Crippen LogP contribution >= 0.6 is 27.3 Å². The summed E-state index contributed by atoms with van der Waals surface area (Å²) < 4.78 is 11.0. The lowest BCUT2D eigenvalue weighted by Gasteiger charge is -2.12. The molecule has 0 aliphatic heterocycles. The van der Waals surface area contributed by atoms with Crippen LogP contribution in [-0.2, 0) is 0 Å². The van der Waals surface area contributed by atoms with Gasteiger partial charge in [0.2, 0.25) is 11.8 Å². The lowest BCUT2D eigenvalue weighted by atomic mass is 10.2. The molecule has 0 aromatic carbocycles. The van der Waals surface area contributed by atoms with Crippen molar-refractivity contribution >= 4 is 27.3 Å². The molecule has 96 valence electrons. The van der Waals surface area contributed by atoms with Crippen molar-refractivity contribution < 1.29 is 14.6 Å². The number of thiophene rings is 1. The van der Waals surface area contributed by atoms with E-state index in [1.54, 1.807) is 0 Å². The number of aliphatic hydroxyl groups is 1. The van der Waals surface area contributed by atoms with E-state index in [9.17, 15) is 5.11 Å². The number of aliphatic hydroxyl groups excluding tert-OH is 1. The fraction of sp³-hybridized carbons (Fsp3) is 0.273. The molecule has 0 saturated carbocycles. The van der Waals surface area contributed by atoms with Gasteiger partial charge in [0.1, 0.15) is 11.8 Å². The molecule has 5 nitrogen and oxygen atoms in total. The van der Waals surface area contributed by atoms with E-state index in [1.807, 2.05) is 11.4 Å². The Labute approximate surface area is 117 Å². The number of methoxy groups -OCH3 is 2. The van der Waals surface area contributed by atoms with Gasteiger partial charge in [-0.3, -0.25) is 0 Å². The Kier molecular flexibility index (Phi) is 4.15. The highest BCUT2D eigenvalue weighted by Crippen LogP contribution is 2.32. The monoisotopic (exact) mass is 330 g/mol. The molecule has 0 bridgehead atoms. The van der Waals surface area contributed by atoms with Gasteiger partial charge in [0.05, 0.1) is 20.4 Å². The molecule has 18 heavy (non-hydrogen) atoms. The second-order valence-electron chi connectivity index (χ2n) is 3.38. The van der Waals surface area contributed by atoms with E-state index in [1.165, 1.54) is 31.8 Å². The lowest BCUT2D eigenvalue weighted by molar-refractivity contribution is 0.210. The number of nitrogens with zero attached hydrogens (tertiary/aromatic N) is 2. The van der Waals surface area contributed by atoms with Crippen LogP contribution in [0.25, 0.3) is 0 Å². The summed E-state index contributed by atoms with van der Waals surface area (Å²) in [7, 11) is 2.97. The van der Waals surface area contributed by atoms with Crippen molar-refractivity contribution in [2.75, 3.05) is 14.2 Å². The minimum Gasteiger partial charge on any atom is -0.480 e. The van der Waals surface area contributed by atoms with Crippen LogP contribution in [0.3, 0.4) is 0 Å². The molecule has 2 aromatic heterocycles. The molecular weight excluding hydrogens is 320 g/mol. The molecule has 2 rings (SSSR count). The Balaban J connectivity index is 2.38. The van der Waals surface area contributed by atoms with E-state index in [0.29, 0.717) is 11.6 Å². The van der Waals surface area contributed by atoms with Crippen LogP contribution in [-0.4, -0.2) is 29.3 Å². The average molecular weight is 331 g/mol. The lowest BCUT2D eigenvalue weighted by Crippen LogP contribution is -2.06. The van der Waals surface area contributed by atoms with Crippen molar-refractivity contribution in [1.29, 1.82) is 0 Å². The van der Waals surface area contributed by atoms with E-state index >= 15 is 0 Å². The molecule has 0 saturated heterocycles. The molecule has 0 amide bonds. The molecule has 1 N–H and O–H groups in total. The van der Waals surface area contributed by atoms with E-state index in [-0.39, 0.29) is 5.88 Å². The molecule has 2 heterocycles. The van der Waals surface area contributed by atoms with Gasteiger partial charge < -0.3 is 14.6 Å². The van der Waals surface area contributed by atoms with Crippen molar-refractivity contribution in [3.63, 3.8) is 0 Å². The van der Waals surface area contributed by atoms with Gasteiger partial charge in [0, 0.05) is 14.7 Å². The first-order valence-electron chi connectivity index (χ1n) is 5.02. The fourth-order valence-electron chi connectivity index (χ4n) is 1.41. The van der Waals surface area contributed by atoms with Crippen LogP contribution in [0.5, 0.6) is 11.8 Å². The van der Waals surface area contributed by atoms with Gasteiger partial charge >= 0.3 is 0 Å². The maximum atomic E-state index is 10.2. The van der Waals surface area contributed by atoms with Crippen molar-refractivity contribution in [3.8, 4) is 11.8 Å². The van der Waals surface area contributed by atoms with Crippen molar-refractivity contribution in [3.05, 3.63) is 32.7 Å². The SMILES string of the molecule is COc1cnc(C(O)c2cc(Br)cs2)c(OC)n1. The maximum absolute atomic E-state index is 10.2. The third-order valence-corrected chi connectivity index (χ3v) is 4.01. The highest BCUT2D eigenvalue weighted by Gasteiger charge is 2.20. The Bertz CT molecular complexity index is 547. The third kappa shape index (κ3) is 2.63. The van der Waals surface area contributed by atoms with Crippen LogP contribution in [0, 0.1) is 0 Å². The highest BCUT2D eigenvalue weighted by molar-refractivity contribution is 9.10. The van der Waals surface area contributed by atoms with Crippen LogP contribution in [0.1, 0.15) is 16.7 Å². The second-order valence-corrected chi connectivity index (χ2v) is 5.24. The Hall–Kier alpha value is -1.18. The Morgan fingerprint density at radius 2 is 2.17 bits per heavy atom. The molecule has 1 atom stereocenters. The molecule has 0 aliphatic carbocycles. The summed E-state index contributed by atoms with van der Waals surface area (Å²) in [5, 5.41) is 12.1. The number of halogens is 1. The van der Waals surface area contributed by atoms with Crippen molar-refractivity contribution in [2.45, 2.75) is 6.10 Å². The first-order chi connectivity index (χ1) is 8.65. The molecule has 0 spiro atoms. The summed E-state index contributed by atoms with van der Waals surface area (Å²) in [6.07, 6.45) is 0.582. The highest BCUT2D eigenvalue weighted by atomic mass is 79.9. The van der Waals surface area contributed by atoms with E-state index in [0.717, 1.165) is 9.35 Å². The zero-order valence-corrected chi connectivity index (χ0v) is 12.2. The van der Waals surface area contributed by atoms with Crippen LogP contribution in [0.15, 0.2) is 22.1 Å². The fourth-order valence-corrected chi connectivity index (χ4v) is 2.84. The van der Waals surface area contributed by atoms with E-state index < -0.39 is 6.10 Å². The number of hydrogen-bond acceptors (Lipinski definition) is 6. The van der Waals surface area contributed by atoms with E-state index in [4.69, 9.17) is 9.47 Å². The number of rotatable bonds is 4. The molecule has 7 heteroatoms. The van der Waals surface area contributed by atoms with Crippen LogP contribution < -0.4 is 9.47 Å². The standard InChI is InChI=1S/C11H11BrN2O3S/c1-16-8-4-13-9(11(14-8)17-2)10(15)7-3-6(12)5-18-7/h3-5,10,15H,1-2H3. The molecule has 0 aliphatic rings. The van der Waals surface area contributed by atoms with E-state index in [2.05, 4.69) is 25.9 Å². The van der Waals surface area contributed by atoms with Gasteiger partial charge in [-0.15, -0.1) is 11.3 Å².